The molecule has 2 aromatic heterocycles. The molecule has 2 heterocycles. The summed E-state index contributed by atoms with van der Waals surface area (Å²) in [6.45, 7) is 3.80. The van der Waals surface area contributed by atoms with Gasteiger partial charge in [0.05, 0.1) is 19.5 Å². The van der Waals surface area contributed by atoms with Crippen molar-refractivity contribution in [2.24, 2.45) is 0 Å². The lowest BCUT2D eigenvalue weighted by molar-refractivity contribution is 0.103. The monoisotopic (exact) mass is 400 g/mol. The fourth-order valence-corrected chi connectivity index (χ4v) is 4.33. The quantitative estimate of drug-likeness (QED) is 0.425. The minimum atomic E-state index is -3.68. The van der Waals surface area contributed by atoms with Gasteiger partial charge in [0, 0.05) is 11.1 Å². The Hall–Kier alpha value is -2.73. The molecule has 1 aromatic carbocycles. The zero-order valence-corrected chi connectivity index (χ0v) is 16.5. The van der Waals surface area contributed by atoms with Gasteiger partial charge in [0.1, 0.15) is 11.5 Å². The van der Waals surface area contributed by atoms with Crippen LogP contribution in [0.1, 0.15) is 41.2 Å². The second-order valence-corrected chi connectivity index (χ2v) is 7.67. The second-order valence-electron chi connectivity index (χ2n) is 5.71. The molecule has 0 saturated heterocycles. The number of H-pyrrole nitrogens is 1. The van der Waals surface area contributed by atoms with Gasteiger partial charge in [-0.05, 0) is 38.1 Å². The van der Waals surface area contributed by atoms with E-state index in [0.717, 1.165) is 0 Å². The minimum absolute atomic E-state index is 0.128. The molecule has 8 heteroatoms. The Kier molecular flexibility index (Phi) is 6.41. The van der Waals surface area contributed by atoms with Crippen molar-refractivity contribution in [2.45, 2.75) is 13.8 Å². The van der Waals surface area contributed by atoms with Crippen molar-refractivity contribution < 1.29 is 22.8 Å². The molecular formula is C20H21N2O5P. The molecule has 28 heavy (non-hydrogen) atoms. The van der Waals surface area contributed by atoms with Crippen molar-refractivity contribution in [1.82, 2.24) is 10.2 Å². The highest BCUT2D eigenvalue weighted by molar-refractivity contribution is 7.62. The van der Waals surface area contributed by atoms with Crippen LogP contribution in [0.15, 0.2) is 53.1 Å². The van der Waals surface area contributed by atoms with Crippen LogP contribution >= 0.6 is 7.60 Å². The van der Waals surface area contributed by atoms with Crippen LogP contribution < -0.4 is 5.44 Å². The molecule has 0 unspecified atom stereocenters. The highest BCUT2D eigenvalue weighted by Gasteiger charge is 2.34. The van der Waals surface area contributed by atoms with Crippen molar-refractivity contribution in [3.05, 3.63) is 71.3 Å². The summed E-state index contributed by atoms with van der Waals surface area (Å²) < 4.78 is 29.4. The van der Waals surface area contributed by atoms with Gasteiger partial charge in [-0.15, -0.1) is 0 Å². The number of nitrogens with one attached hydrogen (secondary N) is 1. The normalized spacial score (nSPS) is 11.9. The molecule has 0 saturated carbocycles. The van der Waals surface area contributed by atoms with Gasteiger partial charge < -0.3 is 13.5 Å². The van der Waals surface area contributed by atoms with Gasteiger partial charge in [-0.2, -0.15) is 5.10 Å². The second kappa shape index (κ2) is 8.97. The maximum Gasteiger partial charge on any atom is 0.379 e. The molecule has 0 aliphatic heterocycles. The molecule has 0 radical (unpaired) electrons. The maximum absolute atomic E-state index is 13.3. The number of rotatable bonds is 9. The molecule has 0 spiro atoms. The van der Waals surface area contributed by atoms with Crippen LogP contribution in [-0.2, 0) is 13.6 Å². The molecular weight excluding hydrogens is 379 g/mol. The maximum atomic E-state index is 13.3. The predicted molar refractivity (Wildman–Crippen MR) is 107 cm³/mol. The zero-order valence-electron chi connectivity index (χ0n) is 15.6. The van der Waals surface area contributed by atoms with E-state index in [4.69, 9.17) is 13.5 Å². The Bertz CT molecular complexity index is 983. The molecule has 0 aliphatic rings. The van der Waals surface area contributed by atoms with Crippen LogP contribution in [0.3, 0.4) is 0 Å². The first-order chi connectivity index (χ1) is 13.6. The fourth-order valence-electron chi connectivity index (χ4n) is 2.67. The van der Waals surface area contributed by atoms with Crippen molar-refractivity contribution >= 4 is 31.0 Å². The Morgan fingerprint density at radius 3 is 2.43 bits per heavy atom. The number of hydrogen-bond acceptors (Lipinski definition) is 6. The van der Waals surface area contributed by atoms with Gasteiger partial charge >= 0.3 is 7.60 Å². The third-order valence-electron chi connectivity index (χ3n) is 3.86. The number of ketones is 1. The van der Waals surface area contributed by atoms with Crippen LogP contribution in [0.2, 0.25) is 0 Å². The van der Waals surface area contributed by atoms with Gasteiger partial charge in [-0.1, -0.05) is 30.3 Å². The van der Waals surface area contributed by atoms with Crippen LogP contribution in [-0.4, -0.2) is 29.2 Å². The standard InChI is InChI=1S/C20H21N2O5P/c1-3-26-28(24,27-4-2)20-17(13-12-16-11-8-14-25-16)18(21-22-20)19(23)15-9-6-5-7-10-15/h5-14H,3-4H2,1-2H3,(H,21,22)/b13-12+. The summed E-state index contributed by atoms with van der Waals surface area (Å²) in [6, 6.07) is 12.3. The molecule has 3 rings (SSSR count). The summed E-state index contributed by atoms with van der Waals surface area (Å²) in [7, 11) is -3.68. The number of furan rings is 1. The smallest absolute Gasteiger partial charge is 0.379 e. The average molecular weight is 400 g/mol. The molecule has 0 atom stereocenters. The predicted octanol–water partition coefficient (Wildman–Crippen LogP) is 4.30. The first-order valence-electron chi connectivity index (χ1n) is 8.88. The summed E-state index contributed by atoms with van der Waals surface area (Å²) in [5.41, 5.74) is 1.08. The number of hydrogen-bond donors (Lipinski definition) is 1. The van der Waals surface area contributed by atoms with E-state index >= 15 is 0 Å². The number of aromatic amines is 1. The summed E-state index contributed by atoms with van der Waals surface area (Å²) >= 11 is 0. The van der Waals surface area contributed by atoms with Crippen LogP contribution in [0.25, 0.3) is 12.2 Å². The van der Waals surface area contributed by atoms with Crippen molar-refractivity contribution in [1.29, 1.82) is 0 Å². The Labute approximate surface area is 162 Å². The lowest BCUT2D eigenvalue weighted by Gasteiger charge is -2.16. The van der Waals surface area contributed by atoms with Crippen LogP contribution in [0, 0.1) is 0 Å². The molecule has 3 aromatic rings. The van der Waals surface area contributed by atoms with E-state index in [2.05, 4.69) is 10.2 Å². The topological polar surface area (TPSA) is 94.4 Å². The van der Waals surface area contributed by atoms with Crippen molar-refractivity contribution in [3.63, 3.8) is 0 Å². The largest absolute Gasteiger partial charge is 0.465 e. The summed E-state index contributed by atoms with van der Waals surface area (Å²) in [5, 5.41) is 6.83. The third-order valence-corrected chi connectivity index (χ3v) is 5.95. The summed E-state index contributed by atoms with van der Waals surface area (Å²) in [6.07, 6.45) is 4.83. The molecule has 0 amide bonds. The highest BCUT2D eigenvalue weighted by atomic mass is 31.2. The van der Waals surface area contributed by atoms with Gasteiger partial charge in [-0.25, -0.2) is 0 Å². The summed E-state index contributed by atoms with van der Waals surface area (Å²) in [4.78, 5) is 13.0. The molecule has 0 fully saturated rings. The lowest BCUT2D eigenvalue weighted by atomic mass is 10.1. The van der Waals surface area contributed by atoms with E-state index in [-0.39, 0.29) is 30.1 Å². The lowest BCUT2D eigenvalue weighted by Crippen LogP contribution is -2.15. The Morgan fingerprint density at radius 2 is 1.82 bits per heavy atom. The number of aromatic nitrogens is 2. The zero-order chi connectivity index (χ0) is 20.0. The minimum Gasteiger partial charge on any atom is -0.465 e. The SMILES string of the molecule is CCOP(=O)(OCC)c1[nH]nc(C(=O)c2ccccc2)c1/C=C/c1ccco1. The summed E-state index contributed by atoms with van der Waals surface area (Å²) in [5.74, 6) is 0.273. The third kappa shape index (κ3) is 4.22. The van der Waals surface area contributed by atoms with Crippen LogP contribution in [0.4, 0.5) is 0 Å². The fraction of sp³-hybridized carbons (Fsp3) is 0.200. The van der Waals surface area contributed by atoms with E-state index in [9.17, 15) is 9.36 Å². The van der Waals surface area contributed by atoms with Crippen LogP contribution in [0.5, 0.6) is 0 Å². The van der Waals surface area contributed by atoms with E-state index < -0.39 is 7.60 Å². The van der Waals surface area contributed by atoms with Crippen molar-refractivity contribution in [3.8, 4) is 0 Å². The van der Waals surface area contributed by atoms with Gasteiger partial charge in [0.15, 0.2) is 5.44 Å². The highest BCUT2D eigenvalue weighted by Crippen LogP contribution is 2.47. The molecule has 146 valence electrons. The molecule has 0 bridgehead atoms. The van der Waals surface area contributed by atoms with Gasteiger partial charge in [0.2, 0.25) is 5.78 Å². The Morgan fingerprint density at radius 1 is 1.11 bits per heavy atom. The molecule has 7 nitrogen and oxygen atoms in total. The van der Waals surface area contributed by atoms with E-state index in [1.807, 2.05) is 6.07 Å². The van der Waals surface area contributed by atoms with E-state index in [1.54, 1.807) is 62.4 Å². The first kappa shape index (κ1) is 20.0. The number of nitrogens with zero attached hydrogens (tertiary/aromatic N) is 1. The number of benzene rings is 1. The van der Waals surface area contributed by atoms with E-state index in [0.29, 0.717) is 16.9 Å². The average Bonchev–Trinajstić information content (AvgIpc) is 3.36. The Balaban J connectivity index is 2.11. The number of carbonyl (C=O) groups is 1. The first-order valence-corrected chi connectivity index (χ1v) is 10.4. The number of carbonyl (C=O) groups excluding carboxylic acids is 1. The molecule has 0 aliphatic carbocycles. The van der Waals surface area contributed by atoms with Gasteiger partial charge in [-0.3, -0.25) is 14.5 Å². The van der Waals surface area contributed by atoms with Gasteiger partial charge in [0.25, 0.3) is 0 Å². The van der Waals surface area contributed by atoms with Crippen molar-refractivity contribution in [2.75, 3.05) is 13.2 Å². The molecule has 1 N–H and O–H groups in total. The van der Waals surface area contributed by atoms with E-state index in [1.165, 1.54) is 6.26 Å².